The van der Waals surface area contributed by atoms with Crippen molar-refractivity contribution in [3.8, 4) is 11.5 Å². The molecule has 39 heavy (non-hydrogen) atoms. The number of hydrogen-bond acceptors (Lipinski definition) is 8. The van der Waals surface area contributed by atoms with Crippen molar-refractivity contribution in [3.63, 3.8) is 0 Å². The number of carbonyl (C=O) groups is 2. The second-order valence-corrected chi connectivity index (χ2v) is 10.7. The Balaban J connectivity index is 1.35. The molecule has 0 radical (unpaired) electrons. The van der Waals surface area contributed by atoms with E-state index >= 15 is 0 Å². The molecule has 9 heteroatoms. The molecule has 9 nitrogen and oxygen atoms in total. The summed E-state index contributed by atoms with van der Waals surface area (Å²) in [6.45, 7) is 4.75. The van der Waals surface area contributed by atoms with Gasteiger partial charge in [0.15, 0.2) is 23.7 Å². The van der Waals surface area contributed by atoms with E-state index in [1.165, 1.54) is 0 Å². The van der Waals surface area contributed by atoms with Crippen LogP contribution in [0.2, 0.25) is 0 Å². The molecule has 0 unspecified atom stereocenters. The van der Waals surface area contributed by atoms with Gasteiger partial charge in [-0.2, -0.15) is 0 Å². The molecule has 1 amide bonds. The highest BCUT2D eigenvalue weighted by molar-refractivity contribution is 5.82. The summed E-state index contributed by atoms with van der Waals surface area (Å²) in [6, 6.07) is 12.2. The third-order valence-corrected chi connectivity index (χ3v) is 8.76. The van der Waals surface area contributed by atoms with E-state index in [9.17, 15) is 19.8 Å². The van der Waals surface area contributed by atoms with E-state index in [1.807, 2.05) is 33.0 Å². The molecule has 5 rings (SSSR count). The maximum atomic E-state index is 12.9. The summed E-state index contributed by atoms with van der Waals surface area (Å²) in [6.07, 6.45) is 0.520. The number of esters is 1. The molecule has 2 aromatic rings. The third kappa shape index (κ3) is 4.29. The van der Waals surface area contributed by atoms with Crippen LogP contribution in [-0.2, 0) is 19.7 Å². The largest absolute Gasteiger partial charge is 0.493 e. The highest BCUT2D eigenvalue weighted by atomic mass is 16.6. The van der Waals surface area contributed by atoms with Gasteiger partial charge in [0.2, 0.25) is 0 Å². The molecule has 1 aliphatic carbocycles. The number of fused-ring (bicyclic) bond motifs is 1. The van der Waals surface area contributed by atoms with Crippen molar-refractivity contribution >= 4 is 11.9 Å². The number of likely N-dealkylation sites (tertiary alicyclic amines) is 1. The van der Waals surface area contributed by atoms with Gasteiger partial charge in [0.05, 0.1) is 24.5 Å². The molecule has 5 atom stereocenters. The number of benzene rings is 2. The lowest BCUT2D eigenvalue weighted by atomic mass is 9.54. The van der Waals surface area contributed by atoms with Crippen LogP contribution in [0.5, 0.6) is 11.5 Å². The molecule has 3 N–H and O–H groups in total. The predicted octanol–water partition coefficient (Wildman–Crippen LogP) is 2.53. The van der Waals surface area contributed by atoms with E-state index in [4.69, 9.17) is 14.2 Å². The summed E-state index contributed by atoms with van der Waals surface area (Å²) < 4.78 is 18.0. The Kier molecular flexibility index (Phi) is 7.17. The molecular weight excluding hydrogens is 500 g/mol. The van der Waals surface area contributed by atoms with Crippen LogP contribution in [0.3, 0.4) is 0 Å². The van der Waals surface area contributed by atoms with Crippen LogP contribution in [0.25, 0.3) is 0 Å². The number of piperidine rings is 1. The van der Waals surface area contributed by atoms with Gasteiger partial charge in [-0.3, -0.25) is 9.59 Å². The molecule has 3 aliphatic rings. The summed E-state index contributed by atoms with van der Waals surface area (Å²) in [7, 11) is 3.58. The number of amides is 1. The predicted molar refractivity (Wildman–Crippen MR) is 143 cm³/mol. The molecule has 0 saturated carbocycles. The first-order valence-corrected chi connectivity index (χ1v) is 13.3. The number of hydrogen-bond donors (Lipinski definition) is 3. The van der Waals surface area contributed by atoms with Gasteiger partial charge < -0.3 is 34.6 Å². The molecule has 2 heterocycles. The monoisotopic (exact) mass is 536 g/mol. The molecule has 0 aromatic heterocycles. The van der Waals surface area contributed by atoms with E-state index in [0.717, 1.165) is 17.7 Å². The molecule has 2 aliphatic heterocycles. The van der Waals surface area contributed by atoms with Crippen LogP contribution >= 0.6 is 0 Å². The van der Waals surface area contributed by atoms with Gasteiger partial charge in [-0.25, -0.2) is 0 Å². The van der Waals surface area contributed by atoms with Gasteiger partial charge >= 0.3 is 5.97 Å². The van der Waals surface area contributed by atoms with Crippen molar-refractivity contribution in [1.29, 1.82) is 0 Å². The molecule has 1 spiro atoms. The fraction of sp³-hybridized carbons (Fsp3) is 0.467. The lowest BCUT2D eigenvalue weighted by Crippen LogP contribution is -2.71. The first-order valence-electron chi connectivity index (χ1n) is 13.3. The fourth-order valence-electron chi connectivity index (χ4n) is 6.51. The maximum absolute atomic E-state index is 12.9. The van der Waals surface area contributed by atoms with Crippen LogP contribution < -0.4 is 14.8 Å². The lowest BCUT2D eigenvalue weighted by molar-refractivity contribution is -0.161. The highest BCUT2D eigenvalue weighted by Crippen LogP contribution is 2.62. The molecule has 208 valence electrons. The Morgan fingerprint density at radius 2 is 1.97 bits per heavy atom. The van der Waals surface area contributed by atoms with Crippen molar-refractivity contribution in [2.24, 2.45) is 0 Å². The average Bonchev–Trinajstić information content (AvgIpc) is 3.30. The van der Waals surface area contributed by atoms with E-state index in [0.29, 0.717) is 29.2 Å². The van der Waals surface area contributed by atoms with Gasteiger partial charge in [0, 0.05) is 24.6 Å². The Morgan fingerprint density at radius 1 is 1.23 bits per heavy atom. The van der Waals surface area contributed by atoms with E-state index in [2.05, 4.69) is 10.2 Å². The lowest BCUT2D eigenvalue weighted by Gasteiger charge is -2.58. The zero-order valence-electron chi connectivity index (χ0n) is 22.8. The van der Waals surface area contributed by atoms with Crippen molar-refractivity contribution in [2.45, 2.75) is 62.4 Å². The van der Waals surface area contributed by atoms with Gasteiger partial charge in [-0.15, -0.1) is 0 Å². The summed E-state index contributed by atoms with van der Waals surface area (Å²) in [5.41, 5.74) is 0.364. The van der Waals surface area contributed by atoms with Crippen molar-refractivity contribution in [2.75, 3.05) is 27.2 Å². The topological polar surface area (TPSA) is 118 Å². The van der Waals surface area contributed by atoms with E-state index in [1.54, 1.807) is 43.5 Å². The molecule has 2 aromatic carbocycles. The minimum Gasteiger partial charge on any atom is -0.493 e. The second-order valence-electron chi connectivity index (χ2n) is 10.7. The Hall–Kier alpha value is -3.40. The van der Waals surface area contributed by atoms with Gasteiger partial charge in [0.25, 0.3) is 5.91 Å². The van der Waals surface area contributed by atoms with Gasteiger partial charge in [0.1, 0.15) is 5.76 Å². The van der Waals surface area contributed by atoms with E-state index < -0.39 is 35.1 Å². The zero-order valence-corrected chi connectivity index (χ0v) is 22.8. The quantitative estimate of drug-likeness (QED) is 0.462. The number of aliphatic hydroxyl groups excluding tert-OH is 1. The van der Waals surface area contributed by atoms with Gasteiger partial charge in [-0.05, 0) is 57.1 Å². The first-order chi connectivity index (χ1) is 18.6. The number of nitrogens with one attached hydrogen (secondary N) is 1. The minimum atomic E-state index is -1.32. The molecule has 0 bridgehead atoms. The molecule has 1 fully saturated rings. The number of carbonyl (C=O) groups excluding carboxylic acids is 2. The van der Waals surface area contributed by atoms with Crippen LogP contribution in [0, 0.1) is 6.92 Å². The molecule has 1 saturated heterocycles. The number of aryl methyl sites for hydroxylation is 1. The van der Waals surface area contributed by atoms with Crippen LogP contribution in [-0.4, -0.2) is 72.0 Å². The zero-order chi connectivity index (χ0) is 27.9. The highest BCUT2D eigenvalue weighted by Gasteiger charge is 2.69. The number of methoxy groups -OCH3 is 1. The SMILES string of the molecule is COc1ccc(C)c2c1O[C@H]1C(OC(=O)CCNC(=O)[C@@H](O)c3ccccc3)=CC[C@@]3(O)[C@@H](C)N(C)CC[C@]213. The maximum Gasteiger partial charge on any atom is 0.312 e. The Morgan fingerprint density at radius 3 is 2.69 bits per heavy atom. The number of ether oxygens (including phenoxy) is 3. The van der Waals surface area contributed by atoms with Crippen molar-refractivity contribution in [3.05, 3.63) is 71.0 Å². The van der Waals surface area contributed by atoms with Crippen molar-refractivity contribution in [1.82, 2.24) is 10.2 Å². The molecular formula is C30H36N2O7. The number of likely N-dealkylation sites (N-methyl/N-ethyl adjacent to an activating group) is 1. The number of aliphatic hydroxyl groups is 2. The third-order valence-electron chi connectivity index (χ3n) is 8.76. The fourth-order valence-corrected chi connectivity index (χ4v) is 6.51. The summed E-state index contributed by atoms with van der Waals surface area (Å²) >= 11 is 0. The summed E-state index contributed by atoms with van der Waals surface area (Å²) in [5.74, 6) is 0.366. The second kappa shape index (κ2) is 10.3. The van der Waals surface area contributed by atoms with Crippen molar-refractivity contribution < 1.29 is 34.0 Å². The van der Waals surface area contributed by atoms with Crippen LogP contribution in [0.4, 0.5) is 0 Å². The summed E-state index contributed by atoms with van der Waals surface area (Å²) in [5, 5.41) is 25.1. The Bertz CT molecular complexity index is 1300. The first kappa shape index (κ1) is 27.2. The number of nitrogens with zero attached hydrogens (tertiary/aromatic N) is 1. The van der Waals surface area contributed by atoms with Gasteiger partial charge in [-0.1, -0.05) is 36.4 Å². The van der Waals surface area contributed by atoms with E-state index in [-0.39, 0.29) is 25.4 Å². The Labute approximate surface area is 228 Å². The van der Waals surface area contributed by atoms with Crippen LogP contribution in [0.1, 0.15) is 49.0 Å². The standard InChI is InChI=1S/C30H36N2O7/c1-18-10-11-21(37-4)26-24(18)29-15-17-32(3)19(2)30(29,36)14-12-22(27(29)39-26)38-23(33)13-16-31-28(35)25(34)20-8-6-5-7-9-20/h5-12,19,25,27,34,36H,13-17H2,1-4H3,(H,31,35)/t19-,25+,27+,29+,30-/m1/s1. The normalized spacial score (nSPS) is 28.2. The smallest absolute Gasteiger partial charge is 0.312 e. The average molecular weight is 537 g/mol. The summed E-state index contributed by atoms with van der Waals surface area (Å²) in [4.78, 5) is 27.4. The minimum absolute atomic E-state index is 0.00439. The van der Waals surface area contributed by atoms with Crippen LogP contribution in [0.15, 0.2) is 54.3 Å². The number of rotatable bonds is 7.